The molecule has 0 unspecified atom stereocenters. The number of aryl methyl sites for hydroxylation is 1. The second-order valence-electron chi connectivity index (χ2n) is 4.03. The summed E-state index contributed by atoms with van der Waals surface area (Å²) in [6, 6.07) is 6.44. The zero-order chi connectivity index (χ0) is 10.7. The summed E-state index contributed by atoms with van der Waals surface area (Å²) in [6.07, 6.45) is 1.78. The average Bonchev–Trinajstić information content (AvgIpc) is 2.17. The van der Waals surface area contributed by atoms with E-state index in [1.165, 1.54) is 16.7 Å². The molecule has 0 saturated heterocycles. The number of hydrogen-bond acceptors (Lipinski definition) is 1. The Morgan fingerprint density at radius 2 is 2.00 bits per heavy atom. The Hall–Kier alpha value is -1.08. The van der Waals surface area contributed by atoms with Crippen LogP contribution in [-0.4, -0.2) is 0 Å². The van der Waals surface area contributed by atoms with Crippen molar-refractivity contribution in [2.45, 2.75) is 32.7 Å². The van der Waals surface area contributed by atoms with Gasteiger partial charge in [-0.2, -0.15) is 0 Å². The minimum atomic E-state index is -0.0475. The fourth-order valence-electron chi connectivity index (χ4n) is 1.50. The van der Waals surface area contributed by atoms with E-state index in [-0.39, 0.29) is 6.04 Å². The standard InChI is InChI=1S/C13H19N/c1-5-13(14)12-8-11(9(2)3)7-6-10(12)4/h5-9,13H,1,14H2,2-4H3/t13-/m1/s1. The minimum absolute atomic E-state index is 0.0475. The molecule has 0 saturated carbocycles. The van der Waals surface area contributed by atoms with E-state index in [0.29, 0.717) is 5.92 Å². The summed E-state index contributed by atoms with van der Waals surface area (Å²) in [5.74, 6) is 0.548. The molecule has 1 atom stereocenters. The lowest BCUT2D eigenvalue weighted by Crippen LogP contribution is -2.09. The van der Waals surface area contributed by atoms with Crippen LogP contribution in [0, 0.1) is 6.92 Å². The van der Waals surface area contributed by atoms with Gasteiger partial charge in [0.2, 0.25) is 0 Å². The Labute approximate surface area is 86.6 Å². The predicted molar refractivity (Wildman–Crippen MR) is 62.4 cm³/mol. The summed E-state index contributed by atoms with van der Waals surface area (Å²) >= 11 is 0. The highest BCUT2D eigenvalue weighted by Gasteiger charge is 2.07. The van der Waals surface area contributed by atoms with Crippen LogP contribution in [-0.2, 0) is 0 Å². The lowest BCUT2D eigenvalue weighted by atomic mass is 9.94. The Bertz CT molecular complexity index is 326. The van der Waals surface area contributed by atoms with Gasteiger partial charge >= 0.3 is 0 Å². The first-order valence-corrected chi connectivity index (χ1v) is 5.04. The number of rotatable bonds is 3. The van der Waals surface area contributed by atoms with Gasteiger partial charge in [-0.3, -0.25) is 0 Å². The SMILES string of the molecule is C=C[C@@H](N)c1cc(C(C)C)ccc1C. The van der Waals surface area contributed by atoms with Crippen LogP contribution in [0.25, 0.3) is 0 Å². The highest BCUT2D eigenvalue weighted by atomic mass is 14.6. The van der Waals surface area contributed by atoms with Gasteiger partial charge < -0.3 is 5.73 Å². The van der Waals surface area contributed by atoms with E-state index in [9.17, 15) is 0 Å². The second-order valence-corrected chi connectivity index (χ2v) is 4.03. The van der Waals surface area contributed by atoms with Crippen LogP contribution in [0.2, 0.25) is 0 Å². The van der Waals surface area contributed by atoms with E-state index in [0.717, 1.165) is 0 Å². The van der Waals surface area contributed by atoms with Crippen LogP contribution in [0.1, 0.15) is 42.5 Å². The average molecular weight is 189 g/mol. The van der Waals surface area contributed by atoms with Gasteiger partial charge in [0.25, 0.3) is 0 Å². The monoisotopic (exact) mass is 189 g/mol. The smallest absolute Gasteiger partial charge is 0.0481 e. The van der Waals surface area contributed by atoms with Crippen molar-refractivity contribution in [3.05, 3.63) is 47.5 Å². The normalized spacial score (nSPS) is 12.9. The van der Waals surface area contributed by atoms with E-state index in [4.69, 9.17) is 5.73 Å². The lowest BCUT2D eigenvalue weighted by Gasteiger charge is -2.14. The fraction of sp³-hybridized carbons (Fsp3) is 0.385. The quantitative estimate of drug-likeness (QED) is 0.725. The molecular weight excluding hydrogens is 170 g/mol. The van der Waals surface area contributed by atoms with E-state index >= 15 is 0 Å². The van der Waals surface area contributed by atoms with Gasteiger partial charge in [-0.1, -0.05) is 38.1 Å². The Kier molecular flexibility index (Phi) is 3.48. The third kappa shape index (κ3) is 2.24. The summed E-state index contributed by atoms with van der Waals surface area (Å²) in [5.41, 5.74) is 9.71. The molecule has 14 heavy (non-hydrogen) atoms. The van der Waals surface area contributed by atoms with Crippen molar-refractivity contribution in [1.29, 1.82) is 0 Å². The maximum atomic E-state index is 5.95. The van der Waals surface area contributed by atoms with Crippen molar-refractivity contribution in [1.82, 2.24) is 0 Å². The maximum Gasteiger partial charge on any atom is 0.0481 e. The van der Waals surface area contributed by atoms with Gasteiger partial charge in [0, 0.05) is 6.04 Å². The Morgan fingerprint density at radius 3 is 2.50 bits per heavy atom. The molecule has 0 spiro atoms. The molecule has 0 aliphatic rings. The molecule has 0 aliphatic carbocycles. The van der Waals surface area contributed by atoms with E-state index < -0.39 is 0 Å². The molecular formula is C13H19N. The summed E-state index contributed by atoms with van der Waals surface area (Å²) in [5, 5.41) is 0. The molecule has 0 bridgehead atoms. The molecule has 0 heterocycles. The third-order valence-corrected chi connectivity index (χ3v) is 2.58. The number of nitrogens with two attached hydrogens (primary N) is 1. The topological polar surface area (TPSA) is 26.0 Å². The molecule has 0 radical (unpaired) electrons. The minimum Gasteiger partial charge on any atom is -0.321 e. The summed E-state index contributed by atoms with van der Waals surface area (Å²) in [4.78, 5) is 0. The molecule has 1 rings (SSSR count). The largest absolute Gasteiger partial charge is 0.321 e. The van der Waals surface area contributed by atoms with Crippen molar-refractivity contribution in [3.63, 3.8) is 0 Å². The Balaban J connectivity index is 3.14. The van der Waals surface area contributed by atoms with Crippen LogP contribution < -0.4 is 5.73 Å². The zero-order valence-corrected chi connectivity index (χ0v) is 9.25. The summed E-state index contributed by atoms with van der Waals surface area (Å²) in [6.45, 7) is 10.2. The first-order chi connectivity index (χ1) is 6.56. The zero-order valence-electron chi connectivity index (χ0n) is 9.25. The van der Waals surface area contributed by atoms with Gasteiger partial charge in [0.05, 0.1) is 0 Å². The summed E-state index contributed by atoms with van der Waals surface area (Å²) < 4.78 is 0. The molecule has 0 fully saturated rings. The van der Waals surface area contributed by atoms with Crippen molar-refractivity contribution in [2.75, 3.05) is 0 Å². The third-order valence-electron chi connectivity index (χ3n) is 2.58. The molecule has 76 valence electrons. The molecule has 0 aliphatic heterocycles. The first kappa shape index (κ1) is 11.0. The van der Waals surface area contributed by atoms with E-state index in [1.807, 2.05) is 0 Å². The molecule has 1 nitrogen and oxygen atoms in total. The van der Waals surface area contributed by atoms with Gasteiger partial charge in [0.15, 0.2) is 0 Å². The van der Waals surface area contributed by atoms with Gasteiger partial charge in [-0.05, 0) is 29.5 Å². The molecule has 0 aromatic heterocycles. The summed E-state index contributed by atoms with van der Waals surface area (Å²) in [7, 11) is 0. The van der Waals surface area contributed by atoms with Crippen LogP contribution in [0.15, 0.2) is 30.9 Å². The maximum absolute atomic E-state index is 5.95. The lowest BCUT2D eigenvalue weighted by molar-refractivity contribution is 0.844. The Morgan fingerprint density at radius 1 is 1.36 bits per heavy atom. The van der Waals surface area contributed by atoms with Crippen LogP contribution in [0.5, 0.6) is 0 Å². The van der Waals surface area contributed by atoms with E-state index in [1.54, 1.807) is 6.08 Å². The van der Waals surface area contributed by atoms with Crippen molar-refractivity contribution in [3.8, 4) is 0 Å². The van der Waals surface area contributed by atoms with Crippen LogP contribution in [0.3, 0.4) is 0 Å². The van der Waals surface area contributed by atoms with Crippen LogP contribution in [0.4, 0.5) is 0 Å². The molecule has 1 heteroatoms. The molecule has 1 aromatic carbocycles. The second kappa shape index (κ2) is 4.43. The van der Waals surface area contributed by atoms with Gasteiger partial charge in [-0.25, -0.2) is 0 Å². The van der Waals surface area contributed by atoms with E-state index in [2.05, 4.69) is 45.5 Å². The van der Waals surface area contributed by atoms with Crippen LogP contribution >= 0.6 is 0 Å². The van der Waals surface area contributed by atoms with Crippen molar-refractivity contribution < 1.29 is 0 Å². The molecule has 1 aromatic rings. The first-order valence-electron chi connectivity index (χ1n) is 5.04. The molecule has 2 N–H and O–H groups in total. The highest BCUT2D eigenvalue weighted by Crippen LogP contribution is 2.22. The molecule has 0 amide bonds. The fourth-order valence-corrected chi connectivity index (χ4v) is 1.50. The van der Waals surface area contributed by atoms with Crippen molar-refractivity contribution in [2.24, 2.45) is 5.73 Å². The number of benzene rings is 1. The van der Waals surface area contributed by atoms with Gasteiger partial charge in [0.1, 0.15) is 0 Å². The highest BCUT2D eigenvalue weighted by molar-refractivity contribution is 5.36. The predicted octanol–water partition coefficient (Wildman–Crippen LogP) is 3.30. The number of hydrogen-bond donors (Lipinski definition) is 1. The van der Waals surface area contributed by atoms with Gasteiger partial charge in [-0.15, -0.1) is 6.58 Å². The van der Waals surface area contributed by atoms with Crippen molar-refractivity contribution >= 4 is 0 Å².